The summed E-state index contributed by atoms with van der Waals surface area (Å²) in [6.07, 6.45) is 1.96. The molecule has 5 rings (SSSR count). The molecule has 0 spiro atoms. The lowest BCUT2D eigenvalue weighted by Crippen LogP contribution is -2.33. The van der Waals surface area contributed by atoms with E-state index in [1.807, 2.05) is 38.1 Å². The topological polar surface area (TPSA) is 78.2 Å². The first-order valence-corrected chi connectivity index (χ1v) is 14.1. The fourth-order valence-electron chi connectivity index (χ4n) is 4.17. The molecule has 11 heteroatoms. The minimum atomic E-state index is -0.464. The molecule has 192 valence electrons. The molecule has 4 aromatic rings. The normalized spacial score (nSPS) is 15.4. The molecule has 2 aromatic carbocycles. The molecule has 1 aliphatic rings. The number of thioether (sulfide) groups is 1. The predicted molar refractivity (Wildman–Crippen MR) is 148 cm³/mol. The van der Waals surface area contributed by atoms with Crippen LogP contribution in [0.5, 0.6) is 0 Å². The first-order chi connectivity index (χ1) is 17.8. The zero-order valence-electron chi connectivity index (χ0n) is 20.3. The summed E-state index contributed by atoms with van der Waals surface area (Å²) in [5, 5.41) is 3.22. The number of nitrogens with one attached hydrogen (secondary N) is 1. The first kappa shape index (κ1) is 25.8. The van der Waals surface area contributed by atoms with E-state index in [2.05, 4.69) is 5.32 Å². The van der Waals surface area contributed by atoms with Gasteiger partial charge in [-0.1, -0.05) is 46.9 Å². The average molecular weight is 557 g/mol. The van der Waals surface area contributed by atoms with E-state index in [0.29, 0.717) is 26.0 Å². The number of aromatic nitrogens is 3. The van der Waals surface area contributed by atoms with E-state index in [-0.39, 0.29) is 34.7 Å². The molecule has 0 bridgehead atoms. The Balaban J connectivity index is 1.58. The van der Waals surface area contributed by atoms with Gasteiger partial charge in [0.15, 0.2) is 14.8 Å². The second-order valence-corrected chi connectivity index (χ2v) is 11.5. The maximum absolute atomic E-state index is 14.8. The number of ether oxygens (including phenoxy) is 1. The van der Waals surface area contributed by atoms with Crippen LogP contribution in [-0.4, -0.2) is 45.0 Å². The van der Waals surface area contributed by atoms with Crippen molar-refractivity contribution in [1.29, 1.82) is 0 Å². The van der Waals surface area contributed by atoms with Gasteiger partial charge in [0.05, 0.1) is 23.2 Å². The maximum Gasteiger partial charge on any atom is 0.278 e. The second-order valence-electron chi connectivity index (χ2n) is 8.91. The highest BCUT2D eigenvalue weighted by Crippen LogP contribution is 2.29. The minimum Gasteiger partial charge on any atom is -0.376 e. The third-order valence-electron chi connectivity index (χ3n) is 6.09. The number of nitrogens with zero attached hydrogens (tertiary/aromatic N) is 3. The summed E-state index contributed by atoms with van der Waals surface area (Å²) in [5.41, 5.74) is 2.71. The van der Waals surface area contributed by atoms with E-state index in [1.165, 1.54) is 15.2 Å². The highest BCUT2D eigenvalue weighted by molar-refractivity contribution is 7.99. The number of thiazole rings is 1. The van der Waals surface area contributed by atoms with Gasteiger partial charge in [0.1, 0.15) is 10.5 Å². The summed E-state index contributed by atoms with van der Waals surface area (Å²) in [5.74, 6) is -0.592. The van der Waals surface area contributed by atoms with E-state index >= 15 is 0 Å². The molecule has 37 heavy (non-hydrogen) atoms. The van der Waals surface area contributed by atoms with Crippen LogP contribution in [0.3, 0.4) is 0 Å². The van der Waals surface area contributed by atoms with Gasteiger partial charge in [0.25, 0.3) is 5.56 Å². The Morgan fingerprint density at radius 1 is 1.22 bits per heavy atom. The highest BCUT2D eigenvalue weighted by Gasteiger charge is 2.22. The van der Waals surface area contributed by atoms with Crippen molar-refractivity contribution in [2.24, 2.45) is 0 Å². The SMILES string of the molecule is Cc1ccc(-n2c(SCC(=O)NC[C@@H]3CCCO3)nc3c(sc(=S)n3-c3cc(C)ccc3F)c2=O)cc1. The van der Waals surface area contributed by atoms with Crippen molar-refractivity contribution in [3.05, 3.63) is 73.7 Å². The van der Waals surface area contributed by atoms with Crippen LogP contribution in [0.2, 0.25) is 0 Å². The number of fused-ring (bicyclic) bond motifs is 1. The number of hydrogen-bond acceptors (Lipinski definition) is 7. The first-order valence-electron chi connectivity index (χ1n) is 11.8. The van der Waals surface area contributed by atoms with E-state index in [0.717, 1.165) is 53.7 Å². The van der Waals surface area contributed by atoms with Gasteiger partial charge < -0.3 is 10.1 Å². The molecule has 0 unspecified atom stereocenters. The number of halogens is 1. The largest absolute Gasteiger partial charge is 0.376 e. The van der Waals surface area contributed by atoms with Crippen LogP contribution in [0.4, 0.5) is 4.39 Å². The van der Waals surface area contributed by atoms with Gasteiger partial charge in [0, 0.05) is 13.2 Å². The lowest BCUT2D eigenvalue weighted by Gasteiger charge is -2.14. The molecule has 1 fully saturated rings. The van der Waals surface area contributed by atoms with Gasteiger partial charge in [-0.25, -0.2) is 9.37 Å². The summed E-state index contributed by atoms with van der Waals surface area (Å²) in [7, 11) is 0. The van der Waals surface area contributed by atoms with Crippen LogP contribution >= 0.6 is 35.3 Å². The third-order valence-corrected chi connectivity index (χ3v) is 8.38. The quantitative estimate of drug-likeness (QED) is 0.194. The fourth-order valence-corrected chi connectivity index (χ4v) is 6.30. The summed E-state index contributed by atoms with van der Waals surface area (Å²) >= 11 is 7.80. The highest BCUT2D eigenvalue weighted by atomic mass is 32.2. The number of aryl methyl sites for hydroxylation is 2. The molecule has 0 radical (unpaired) electrons. The molecular weight excluding hydrogens is 532 g/mol. The van der Waals surface area contributed by atoms with Crippen molar-refractivity contribution in [1.82, 2.24) is 19.4 Å². The summed E-state index contributed by atoms with van der Waals surface area (Å²) in [4.78, 5) is 31.2. The Morgan fingerprint density at radius 3 is 2.70 bits per heavy atom. The van der Waals surface area contributed by atoms with Crippen molar-refractivity contribution >= 4 is 51.6 Å². The number of carbonyl (C=O) groups excluding carboxylic acids is 1. The smallest absolute Gasteiger partial charge is 0.278 e. The molecule has 7 nitrogen and oxygen atoms in total. The van der Waals surface area contributed by atoms with Crippen LogP contribution in [-0.2, 0) is 9.53 Å². The van der Waals surface area contributed by atoms with Crippen LogP contribution in [0.15, 0.2) is 52.4 Å². The predicted octanol–water partition coefficient (Wildman–Crippen LogP) is 5.11. The second kappa shape index (κ2) is 10.9. The van der Waals surface area contributed by atoms with Crippen molar-refractivity contribution in [2.75, 3.05) is 18.9 Å². The monoisotopic (exact) mass is 556 g/mol. The van der Waals surface area contributed by atoms with Crippen molar-refractivity contribution in [3.8, 4) is 11.4 Å². The van der Waals surface area contributed by atoms with Gasteiger partial charge >= 0.3 is 0 Å². The standard InChI is InChI=1S/C26H25FN4O3S3/c1-15-5-8-17(9-6-15)30-24(33)22-23(31(26(35)37-22)20-12-16(2)7-10-19(20)27)29-25(30)36-14-21(32)28-13-18-4-3-11-34-18/h5-10,12,18H,3-4,11,13-14H2,1-2H3,(H,28,32)/t18-/m0/s1. The van der Waals surface area contributed by atoms with Crippen LogP contribution in [0.1, 0.15) is 24.0 Å². The van der Waals surface area contributed by atoms with Crippen LogP contribution < -0.4 is 10.9 Å². The van der Waals surface area contributed by atoms with Gasteiger partial charge in [-0.2, -0.15) is 0 Å². The van der Waals surface area contributed by atoms with E-state index in [1.54, 1.807) is 12.1 Å². The molecule has 2 aromatic heterocycles. The lowest BCUT2D eigenvalue weighted by molar-refractivity contribution is -0.119. The molecule has 1 aliphatic heterocycles. The van der Waals surface area contributed by atoms with Crippen LogP contribution in [0, 0.1) is 23.6 Å². The Hall–Kier alpha value is -2.86. The molecule has 0 aliphatic carbocycles. The average Bonchev–Trinajstić information content (AvgIpc) is 3.51. The van der Waals surface area contributed by atoms with Gasteiger partial charge in [-0.3, -0.25) is 18.7 Å². The van der Waals surface area contributed by atoms with Crippen molar-refractivity contribution in [2.45, 2.75) is 37.9 Å². The van der Waals surface area contributed by atoms with Crippen LogP contribution in [0.25, 0.3) is 21.7 Å². The minimum absolute atomic E-state index is 0.0358. The Morgan fingerprint density at radius 2 is 1.97 bits per heavy atom. The number of rotatable bonds is 7. The molecule has 1 atom stereocenters. The zero-order chi connectivity index (χ0) is 26.1. The Kier molecular flexibility index (Phi) is 7.57. The van der Waals surface area contributed by atoms with Gasteiger partial charge in [0.2, 0.25) is 5.91 Å². The Labute approximate surface area is 226 Å². The third kappa shape index (κ3) is 5.40. The number of carbonyl (C=O) groups is 1. The Bertz CT molecular complexity index is 1590. The maximum atomic E-state index is 14.8. The van der Waals surface area contributed by atoms with Crippen molar-refractivity contribution < 1.29 is 13.9 Å². The van der Waals surface area contributed by atoms with Gasteiger partial charge in [-0.05, 0) is 68.7 Å². The number of hydrogen-bond donors (Lipinski definition) is 1. The molecule has 1 amide bonds. The summed E-state index contributed by atoms with van der Waals surface area (Å²) in [6.45, 7) is 4.99. The fraction of sp³-hybridized carbons (Fsp3) is 0.308. The summed E-state index contributed by atoms with van der Waals surface area (Å²) < 4.78 is 24.0. The lowest BCUT2D eigenvalue weighted by atomic mass is 10.2. The van der Waals surface area contributed by atoms with E-state index in [9.17, 15) is 14.0 Å². The molecule has 0 saturated carbocycles. The molecule has 3 heterocycles. The summed E-state index contributed by atoms with van der Waals surface area (Å²) in [6, 6.07) is 12.2. The molecule has 1 saturated heterocycles. The zero-order valence-corrected chi connectivity index (χ0v) is 22.8. The van der Waals surface area contributed by atoms with Crippen molar-refractivity contribution in [3.63, 3.8) is 0 Å². The molecular formula is C26H25FN4O3S3. The van der Waals surface area contributed by atoms with Gasteiger partial charge in [-0.15, -0.1) is 0 Å². The van der Waals surface area contributed by atoms with E-state index in [4.69, 9.17) is 21.9 Å². The number of amides is 1. The number of benzene rings is 2. The van der Waals surface area contributed by atoms with E-state index < -0.39 is 5.82 Å². The molecule has 1 N–H and O–H groups in total.